The third-order valence-electron chi connectivity index (χ3n) is 5.20. The predicted octanol–water partition coefficient (Wildman–Crippen LogP) is 3.56. The monoisotopic (exact) mass is 370 g/mol. The normalized spacial score (nSPS) is 20.4. The molecule has 1 fully saturated rings. The van der Waals surface area contributed by atoms with Gasteiger partial charge in [0, 0.05) is 35.6 Å². The van der Waals surface area contributed by atoms with Gasteiger partial charge in [-0.25, -0.2) is 9.50 Å². The number of benzene rings is 1. The molecule has 0 spiro atoms. The number of nitrogen functional groups attached to an aromatic ring is 1. The van der Waals surface area contributed by atoms with Crippen molar-refractivity contribution in [2.24, 2.45) is 5.73 Å². The van der Waals surface area contributed by atoms with E-state index in [-0.39, 0.29) is 6.04 Å². The molecule has 6 nitrogen and oxygen atoms in total. The maximum absolute atomic E-state index is 6.51. The summed E-state index contributed by atoms with van der Waals surface area (Å²) in [6, 6.07) is 8.09. The molecule has 3 aromatic rings. The van der Waals surface area contributed by atoms with Gasteiger partial charge in [-0.1, -0.05) is 29.8 Å². The third-order valence-corrected chi connectivity index (χ3v) is 5.57. The number of anilines is 2. The quantitative estimate of drug-likeness (QED) is 0.652. The largest absolute Gasteiger partial charge is 0.395 e. The summed E-state index contributed by atoms with van der Waals surface area (Å²) in [4.78, 5) is 4.36. The van der Waals surface area contributed by atoms with Crippen LogP contribution in [0, 0.1) is 0 Å². The van der Waals surface area contributed by atoms with Crippen LogP contribution in [0.5, 0.6) is 0 Å². The van der Waals surface area contributed by atoms with Crippen molar-refractivity contribution in [3.05, 3.63) is 52.8 Å². The van der Waals surface area contributed by atoms with Crippen LogP contribution >= 0.6 is 11.6 Å². The Labute approximate surface area is 157 Å². The van der Waals surface area contributed by atoms with Crippen LogP contribution in [-0.2, 0) is 6.54 Å². The molecule has 0 atom stereocenters. The molecule has 1 aliphatic carbocycles. The zero-order valence-electron chi connectivity index (χ0n) is 14.5. The number of imidazole rings is 1. The second-order valence-electron chi connectivity index (χ2n) is 6.93. The summed E-state index contributed by atoms with van der Waals surface area (Å²) in [7, 11) is 0. The van der Waals surface area contributed by atoms with E-state index in [1.165, 1.54) is 0 Å². The first-order valence-electron chi connectivity index (χ1n) is 8.99. The van der Waals surface area contributed by atoms with Gasteiger partial charge < -0.3 is 16.8 Å². The Morgan fingerprint density at radius 2 is 1.96 bits per heavy atom. The zero-order chi connectivity index (χ0) is 18.1. The van der Waals surface area contributed by atoms with Crippen molar-refractivity contribution >= 4 is 28.8 Å². The Bertz CT molecular complexity index is 914. The van der Waals surface area contributed by atoms with Crippen LogP contribution in [0.3, 0.4) is 0 Å². The third kappa shape index (κ3) is 3.22. The van der Waals surface area contributed by atoms with Crippen molar-refractivity contribution in [2.75, 3.05) is 11.1 Å². The van der Waals surface area contributed by atoms with Crippen LogP contribution in [0.2, 0.25) is 5.02 Å². The lowest BCUT2D eigenvalue weighted by Gasteiger charge is -2.28. The minimum Gasteiger partial charge on any atom is -0.395 e. The standard InChI is InChI=1S/C19H23ClN6/c20-15-4-2-1-3-13(15)11-24-18-16(12-5-7-14(21)8-6-12)17(22)19-23-9-10-26(19)25-18/h1-4,9-10,12,14H,5-8,11,21-22H2,(H,24,25). The summed E-state index contributed by atoms with van der Waals surface area (Å²) in [5.74, 6) is 1.14. The van der Waals surface area contributed by atoms with Crippen LogP contribution in [0.25, 0.3) is 5.65 Å². The number of rotatable bonds is 4. The maximum Gasteiger partial charge on any atom is 0.177 e. The first-order chi connectivity index (χ1) is 12.6. The molecule has 0 bridgehead atoms. The molecule has 5 N–H and O–H groups in total. The SMILES string of the molecule is Nc1c(C2CCC(N)CC2)c(NCc2ccccc2Cl)nn2ccnc12. The summed E-state index contributed by atoms with van der Waals surface area (Å²) >= 11 is 6.29. The lowest BCUT2D eigenvalue weighted by Crippen LogP contribution is -2.26. The van der Waals surface area contributed by atoms with E-state index in [9.17, 15) is 0 Å². The highest BCUT2D eigenvalue weighted by molar-refractivity contribution is 6.31. The van der Waals surface area contributed by atoms with E-state index in [1.54, 1.807) is 10.7 Å². The summed E-state index contributed by atoms with van der Waals surface area (Å²) < 4.78 is 1.72. The van der Waals surface area contributed by atoms with Crippen molar-refractivity contribution in [3.8, 4) is 0 Å². The second-order valence-corrected chi connectivity index (χ2v) is 7.34. The van der Waals surface area contributed by atoms with Crippen LogP contribution in [0.1, 0.15) is 42.7 Å². The Morgan fingerprint density at radius 3 is 2.73 bits per heavy atom. The summed E-state index contributed by atoms with van der Waals surface area (Å²) in [6.07, 6.45) is 7.58. The maximum atomic E-state index is 6.51. The number of halogens is 1. The lowest BCUT2D eigenvalue weighted by atomic mass is 9.81. The van der Waals surface area contributed by atoms with Crippen molar-refractivity contribution in [1.82, 2.24) is 14.6 Å². The molecule has 7 heteroatoms. The fraction of sp³-hybridized carbons (Fsp3) is 0.368. The number of fused-ring (bicyclic) bond motifs is 1. The van der Waals surface area contributed by atoms with Gasteiger partial charge in [-0.2, -0.15) is 0 Å². The highest BCUT2D eigenvalue weighted by atomic mass is 35.5. The van der Waals surface area contributed by atoms with Crippen LogP contribution < -0.4 is 16.8 Å². The lowest BCUT2D eigenvalue weighted by molar-refractivity contribution is 0.396. The second kappa shape index (κ2) is 7.13. The minimum absolute atomic E-state index is 0.287. The predicted molar refractivity (Wildman–Crippen MR) is 105 cm³/mol. The van der Waals surface area contributed by atoms with Crippen molar-refractivity contribution in [2.45, 2.75) is 44.2 Å². The van der Waals surface area contributed by atoms with Gasteiger partial charge in [0.25, 0.3) is 0 Å². The van der Waals surface area contributed by atoms with E-state index in [0.717, 1.165) is 47.7 Å². The minimum atomic E-state index is 0.287. The summed E-state index contributed by atoms with van der Waals surface area (Å²) in [5.41, 5.74) is 16.1. The Balaban J connectivity index is 1.70. The first kappa shape index (κ1) is 17.1. The van der Waals surface area contributed by atoms with Crippen LogP contribution in [-0.4, -0.2) is 20.6 Å². The molecule has 1 aliphatic rings. The molecule has 4 rings (SSSR count). The molecule has 1 saturated carbocycles. The first-order valence-corrected chi connectivity index (χ1v) is 9.37. The van der Waals surface area contributed by atoms with Gasteiger partial charge in [-0.15, -0.1) is 5.10 Å². The van der Waals surface area contributed by atoms with E-state index >= 15 is 0 Å². The number of nitrogens with one attached hydrogen (secondary N) is 1. The van der Waals surface area contributed by atoms with E-state index < -0.39 is 0 Å². The Hall–Kier alpha value is -2.31. The molecule has 0 aliphatic heterocycles. The zero-order valence-corrected chi connectivity index (χ0v) is 15.3. The van der Waals surface area contributed by atoms with E-state index in [2.05, 4.69) is 10.3 Å². The number of aromatic nitrogens is 3. The fourth-order valence-corrected chi connectivity index (χ4v) is 3.96. The van der Waals surface area contributed by atoms with Gasteiger partial charge in [-0.3, -0.25) is 0 Å². The molecule has 0 unspecified atom stereocenters. The van der Waals surface area contributed by atoms with Crippen molar-refractivity contribution in [3.63, 3.8) is 0 Å². The Morgan fingerprint density at radius 1 is 1.19 bits per heavy atom. The number of hydrogen-bond acceptors (Lipinski definition) is 5. The van der Waals surface area contributed by atoms with Gasteiger partial charge in [0.2, 0.25) is 0 Å². The van der Waals surface area contributed by atoms with Crippen LogP contribution in [0.4, 0.5) is 11.5 Å². The van der Waals surface area contributed by atoms with E-state index in [4.69, 9.17) is 28.2 Å². The molecular formula is C19H23ClN6. The van der Waals surface area contributed by atoms with Crippen molar-refractivity contribution < 1.29 is 0 Å². The Kier molecular flexibility index (Phi) is 4.70. The fourth-order valence-electron chi connectivity index (χ4n) is 3.75. The van der Waals surface area contributed by atoms with E-state index in [0.29, 0.717) is 23.8 Å². The summed E-state index contributed by atoms with van der Waals surface area (Å²) in [6.45, 7) is 0.589. The van der Waals surface area contributed by atoms with Gasteiger partial charge >= 0.3 is 0 Å². The molecule has 0 radical (unpaired) electrons. The van der Waals surface area contributed by atoms with Gasteiger partial charge in [0.1, 0.15) is 0 Å². The number of hydrogen-bond donors (Lipinski definition) is 3. The topological polar surface area (TPSA) is 94.3 Å². The molecular weight excluding hydrogens is 348 g/mol. The number of nitrogens with two attached hydrogens (primary N) is 2. The van der Waals surface area contributed by atoms with Crippen molar-refractivity contribution in [1.29, 1.82) is 0 Å². The van der Waals surface area contributed by atoms with Gasteiger partial charge in [0.15, 0.2) is 11.5 Å². The smallest absolute Gasteiger partial charge is 0.177 e. The highest BCUT2D eigenvalue weighted by Gasteiger charge is 2.26. The average molecular weight is 371 g/mol. The summed E-state index contributed by atoms with van der Waals surface area (Å²) in [5, 5.41) is 8.91. The molecule has 2 aromatic heterocycles. The van der Waals surface area contributed by atoms with Crippen LogP contribution in [0.15, 0.2) is 36.7 Å². The highest BCUT2D eigenvalue weighted by Crippen LogP contribution is 2.40. The molecule has 136 valence electrons. The molecule has 0 saturated heterocycles. The number of nitrogens with zero attached hydrogens (tertiary/aromatic N) is 3. The van der Waals surface area contributed by atoms with Gasteiger partial charge in [0.05, 0.1) is 5.69 Å². The average Bonchev–Trinajstić information content (AvgIpc) is 3.11. The molecule has 26 heavy (non-hydrogen) atoms. The molecule has 1 aromatic carbocycles. The van der Waals surface area contributed by atoms with E-state index in [1.807, 2.05) is 30.5 Å². The van der Waals surface area contributed by atoms with Gasteiger partial charge in [-0.05, 0) is 43.2 Å². The molecule has 0 amide bonds. The molecule has 2 heterocycles.